The van der Waals surface area contributed by atoms with Crippen molar-refractivity contribution in [3.63, 3.8) is 0 Å². The second-order valence-electron chi connectivity index (χ2n) is 8.68. The molecule has 2 aromatic rings. The lowest BCUT2D eigenvalue weighted by molar-refractivity contribution is -0.134. The van der Waals surface area contributed by atoms with Gasteiger partial charge in [-0.15, -0.1) is 0 Å². The van der Waals surface area contributed by atoms with E-state index in [1.54, 1.807) is 6.07 Å². The summed E-state index contributed by atoms with van der Waals surface area (Å²) in [5.74, 6) is -2.49. The number of aliphatic carboxylic acids is 2. The summed E-state index contributed by atoms with van der Waals surface area (Å²) in [5.41, 5.74) is 6.63. The van der Waals surface area contributed by atoms with Crippen molar-refractivity contribution < 1.29 is 38.2 Å². The normalized spacial score (nSPS) is 15.0. The van der Waals surface area contributed by atoms with E-state index in [2.05, 4.69) is 23.9 Å². The molecule has 1 amide bonds. The van der Waals surface area contributed by atoms with Crippen molar-refractivity contribution in [2.24, 2.45) is 5.73 Å². The van der Waals surface area contributed by atoms with Gasteiger partial charge in [0.15, 0.2) is 5.58 Å². The molecular weight excluding hydrogens is 473 g/mol. The average molecular weight is 508 g/mol. The zero-order valence-corrected chi connectivity index (χ0v) is 20.6. The molecule has 10 nitrogen and oxygen atoms in total. The topological polar surface area (TPSA) is 156 Å². The van der Waals surface area contributed by atoms with Crippen molar-refractivity contribution in [1.29, 1.82) is 0 Å². The highest BCUT2D eigenvalue weighted by Gasteiger charge is 2.36. The lowest BCUT2D eigenvalue weighted by Gasteiger charge is -2.46. The summed E-state index contributed by atoms with van der Waals surface area (Å²) < 4.78 is 23.6. The quantitative estimate of drug-likeness (QED) is 0.315. The van der Waals surface area contributed by atoms with E-state index >= 15 is 0 Å². The fourth-order valence-corrected chi connectivity index (χ4v) is 4.78. The van der Waals surface area contributed by atoms with Gasteiger partial charge in [0.2, 0.25) is 0 Å². The molecule has 0 bridgehead atoms. The predicted octanol–water partition coefficient (Wildman–Crippen LogP) is 4.29. The van der Waals surface area contributed by atoms with E-state index in [0.717, 1.165) is 62.7 Å². The van der Waals surface area contributed by atoms with Gasteiger partial charge in [0.05, 0.1) is 12.3 Å². The van der Waals surface area contributed by atoms with E-state index in [1.165, 1.54) is 12.1 Å². The highest BCUT2D eigenvalue weighted by atomic mass is 19.1. The molecule has 0 unspecified atom stereocenters. The first-order chi connectivity index (χ1) is 17.1. The second-order valence-corrected chi connectivity index (χ2v) is 8.68. The summed E-state index contributed by atoms with van der Waals surface area (Å²) in [7, 11) is 0. The molecule has 0 saturated carbocycles. The van der Waals surface area contributed by atoms with Crippen LogP contribution in [0.25, 0.3) is 11.0 Å². The Bertz CT molecular complexity index is 1040. The molecule has 4 N–H and O–H groups in total. The van der Waals surface area contributed by atoms with E-state index in [-0.39, 0.29) is 11.4 Å². The number of nitrogens with two attached hydrogens (primary N) is 1. The van der Waals surface area contributed by atoms with Crippen LogP contribution in [0.5, 0.6) is 0 Å². The molecule has 1 aromatic carbocycles. The van der Waals surface area contributed by atoms with Crippen molar-refractivity contribution in [1.82, 2.24) is 10.1 Å². The molecule has 11 heteroatoms. The lowest BCUT2D eigenvalue weighted by atomic mass is 9.82. The highest BCUT2D eigenvalue weighted by molar-refractivity contribution is 5.89. The van der Waals surface area contributed by atoms with E-state index in [9.17, 15) is 18.8 Å². The molecular formula is C25H34FN3O7. The molecule has 1 aromatic heterocycles. The van der Waals surface area contributed by atoms with Crippen LogP contribution in [-0.4, -0.2) is 63.5 Å². The molecule has 0 spiro atoms. The van der Waals surface area contributed by atoms with Gasteiger partial charge in [-0.1, -0.05) is 19.0 Å². The van der Waals surface area contributed by atoms with Crippen LogP contribution in [0.15, 0.2) is 34.9 Å². The third-order valence-electron chi connectivity index (χ3n) is 6.73. The van der Waals surface area contributed by atoms with E-state index in [4.69, 9.17) is 25.2 Å². The van der Waals surface area contributed by atoms with Gasteiger partial charge in [-0.25, -0.2) is 18.8 Å². The van der Waals surface area contributed by atoms with Crippen molar-refractivity contribution in [2.75, 3.05) is 19.7 Å². The van der Waals surface area contributed by atoms with Crippen LogP contribution >= 0.6 is 0 Å². The van der Waals surface area contributed by atoms with Gasteiger partial charge in [0, 0.05) is 35.1 Å². The second kappa shape index (κ2) is 13.6. The monoisotopic (exact) mass is 507 g/mol. The fraction of sp³-hybridized carbons (Fsp3) is 0.520. The number of aromatic nitrogens is 1. The number of amides is 1. The summed E-state index contributed by atoms with van der Waals surface area (Å²) in [6, 6.07) is 4.63. The number of hydrogen-bond acceptors (Lipinski definition) is 7. The Morgan fingerprint density at radius 3 is 2.33 bits per heavy atom. The molecule has 2 heterocycles. The number of piperidine rings is 1. The average Bonchev–Trinajstić information content (AvgIpc) is 3.27. The van der Waals surface area contributed by atoms with Crippen molar-refractivity contribution in [2.45, 2.75) is 63.8 Å². The number of benzene rings is 1. The number of carbonyl (C=O) groups is 3. The molecule has 3 rings (SSSR count). The van der Waals surface area contributed by atoms with Gasteiger partial charge < -0.3 is 25.2 Å². The van der Waals surface area contributed by atoms with E-state index in [1.807, 2.05) is 0 Å². The standard InChI is InChI=1S/C21H30FN3O3.C4H4O4/c1-3-21(4-2,10-5-13-27-20(23)26)25-11-8-15(9-12-25)19-17-7-6-16(22)14-18(17)28-24-19;5-3(6)1-2-4(7)8/h6-7,14-15H,3-5,8-13H2,1-2H3,(H2,23,26);1-2H,(H,5,6)(H,7,8)/b;2-1+. The number of primary amides is 1. The van der Waals surface area contributed by atoms with Gasteiger partial charge in [-0.3, -0.25) is 4.90 Å². The number of rotatable bonds is 10. The third-order valence-corrected chi connectivity index (χ3v) is 6.73. The van der Waals surface area contributed by atoms with Crippen LogP contribution in [0.3, 0.4) is 0 Å². The minimum Gasteiger partial charge on any atom is -0.478 e. The first-order valence-corrected chi connectivity index (χ1v) is 12.0. The molecule has 0 radical (unpaired) electrons. The fourth-order valence-electron chi connectivity index (χ4n) is 4.78. The molecule has 0 aliphatic carbocycles. The summed E-state index contributed by atoms with van der Waals surface area (Å²) >= 11 is 0. The molecule has 1 fully saturated rings. The van der Waals surface area contributed by atoms with Gasteiger partial charge >= 0.3 is 18.0 Å². The number of carbonyl (C=O) groups excluding carboxylic acids is 1. The highest BCUT2D eigenvalue weighted by Crippen LogP contribution is 2.38. The van der Waals surface area contributed by atoms with Crippen LogP contribution in [0.1, 0.15) is 64.0 Å². The predicted molar refractivity (Wildman–Crippen MR) is 130 cm³/mol. The Morgan fingerprint density at radius 2 is 1.81 bits per heavy atom. The zero-order chi connectivity index (χ0) is 26.7. The minimum atomic E-state index is -1.26. The van der Waals surface area contributed by atoms with E-state index in [0.29, 0.717) is 30.3 Å². The van der Waals surface area contributed by atoms with Crippen LogP contribution in [0.4, 0.5) is 9.18 Å². The molecule has 1 saturated heterocycles. The van der Waals surface area contributed by atoms with Gasteiger partial charge in [0.25, 0.3) is 0 Å². The third kappa shape index (κ3) is 8.04. The zero-order valence-electron chi connectivity index (χ0n) is 20.6. The van der Waals surface area contributed by atoms with Crippen LogP contribution in [-0.2, 0) is 14.3 Å². The lowest BCUT2D eigenvalue weighted by Crippen LogP contribution is -2.51. The number of carboxylic acids is 2. The SMILES string of the molecule is CCC(CC)(CCCOC(N)=O)N1CCC(c2noc3cc(F)ccc23)CC1.O=C(O)/C=C/C(=O)O. The van der Waals surface area contributed by atoms with Crippen LogP contribution in [0, 0.1) is 5.82 Å². The number of fused-ring (bicyclic) bond motifs is 1. The van der Waals surface area contributed by atoms with Crippen LogP contribution < -0.4 is 5.73 Å². The molecule has 1 aliphatic heterocycles. The van der Waals surface area contributed by atoms with E-state index < -0.39 is 18.0 Å². The number of nitrogens with zero attached hydrogens (tertiary/aromatic N) is 2. The molecule has 0 atom stereocenters. The molecule has 198 valence electrons. The summed E-state index contributed by atoms with van der Waals surface area (Å²) in [6.07, 6.45) is 6.29. The maximum atomic E-state index is 13.4. The number of carboxylic acid groups (broad SMARTS) is 2. The first-order valence-electron chi connectivity index (χ1n) is 12.0. The minimum absolute atomic E-state index is 0.112. The van der Waals surface area contributed by atoms with Crippen molar-refractivity contribution in [3.05, 3.63) is 41.9 Å². The maximum Gasteiger partial charge on any atom is 0.404 e. The van der Waals surface area contributed by atoms with Gasteiger partial charge in [-0.2, -0.15) is 0 Å². The Kier molecular flexibility index (Phi) is 10.8. The number of ether oxygens (including phenoxy) is 1. The Balaban J connectivity index is 0.000000493. The van der Waals surface area contributed by atoms with Crippen molar-refractivity contribution in [3.8, 4) is 0 Å². The van der Waals surface area contributed by atoms with Crippen molar-refractivity contribution >= 4 is 29.0 Å². The van der Waals surface area contributed by atoms with Gasteiger partial charge in [-0.05, 0) is 63.7 Å². The van der Waals surface area contributed by atoms with Crippen LogP contribution in [0.2, 0.25) is 0 Å². The number of hydrogen-bond donors (Lipinski definition) is 3. The largest absolute Gasteiger partial charge is 0.478 e. The Labute approximate surface area is 208 Å². The first kappa shape index (κ1) is 28.8. The van der Waals surface area contributed by atoms with Gasteiger partial charge in [0.1, 0.15) is 5.82 Å². The Hall–Kier alpha value is -3.47. The maximum absolute atomic E-state index is 13.4. The smallest absolute Gasteiger partial charge is 0.404 e. The summed E-state index contributed by atoms with van der Waals surface area (Å²) in [4.78, 5) is 32.5. The number of likely N-dealkylation sites (tertiary alicyclic amines) is 1. The molecule has 1 aliphatic rings. The molecule has 36 heavy (non-hydrogen) atoms. The Morgan fingerprint density at radius 1 is 1.19 bits per heavy atom. The summed E-state index contributed by atoms with van der Waals surface area (Å²) in [5, 5.41) is 20.8. The number of halogens is 1. The summed E-state index contributed by atoms with van der Waals surface area (Å²) in [6.45, 7) is 6.79.